The Morgan fingerprint density at radius 3 is 2.55 bits per heavy atom. The zero-order valence-electron chi connectivity index (χ0n) is 16.1. The van der Waals surface area contributed by atoms with E-state index in [-0.39, 0.29) is 24.1 Å². The summed E-state index contributed by atoms with van der Waals surface area (Å²) in [6.07, 6.45) is 1.79. The number of hydrogen-bond acceptors (Lipinski definition) is 4. The van der Waals surface area contributed by atoms with Crippen molar-refractivity contribution < 1.29 is 9.59 Å². The zero-order valence-corrected chi connectivity index (χ0v) is 17.7. The maximum atomic E-state index is 12.4. The number of hydrogen-bond donors (Lipinski definition) is 1. The Hall–Kier alpha value is -2.77. The first kappa shape index (κ1) is 21.0. The molecule has 1 heterocycles. The number of aromatic nitrogens is 2. The van der Waals surface area contributed by atoms with Gasteiger partial charge in [-0.1, -0.05) is 65.8 Å². The van der Waals surface area contributed by atoms with Gasteiger partial charge in [-0.2, -0.15) is 0 Å². The molecular formula is C21H21ClN4O2S. The van der Waals surface area contributed by atoms with E-state index in [0.29, 0.717) is 10.7 Å². The summed E-state index contributed by atoms with van der Waals surface area (Å²) < 4.78 is 1.96. The third kappa shape index (κ3) is 5.40. The van der Waals surface area contributed by atoms with Crippen molar-refractivity contribution in [2.24, 2.45) is 7.05 Å². The Balaban J connectivity index is 1.53. The normalized spacial score (nSPS) is 10.6. The van der Waals surface area contributed by atoms with E-state index >= 15 is 0 Å². The molecule has 0 aliphatic heterocycles. The molecule has 2 amide bonds. The summed E-state index contributed by atoms with van der Waals surface area (Å²) in [5.41, 5.74) is 2.57. The Labute approximate surface area is 178 Å². The maximum absolute atomic E-state index is 12.4. The fraction of sp³-hybridized carbons (Fsp3) is 0.190. The Morgan fingerprint density at radius 2 is 1.83 bits per heavy atom. The first-order chi connectivity index (χ1) is 14.0. The molecule has 3 rings (SSSR count). The van der Waals surface area contributed by atoms with E-state index in [0.717, 1.165) is 16.4 Å². The minimum atomic E-state index is -0.303. The fourth-order valence-electron chi connectivity index (χ4n) is 2.70. The SMILES string of the molecule is CN(CC(=O)Nc1ccccc1Cl)C(=O)CSc1ncc(-c2ccccc2)n1C. The highest BCUT2D eigenvalue weighted by molar-refractivity contribution is 7.99. The standard InChI is InChI=1S/C21H21ClN4O2S/c1-25(13-19(27)24-17-11-7-6-10-16(17)22)20(28)14-29-21-23-12-18(26(21)2)15-8-4-3-5-9-15/h3-12H,13-14H2,1-2H3,(H,24,27). The van der Waals surface area contributed by atoms with Crippen molar-refractivity contribution in [2.75, 3.05) is 24.7 Å². The van der Waals surface area contributed by atoms with Crippen LogP contribution in [-0.2, 0) is 16.6 Å². The second kappa shape index (κ2) is 9.62. The van der Waals surface area contributed by atoms with Gasteiger partial charge in [-0.15, -0.1) is 0 Å². The lowest BCUT2D eigenvalue weighted by Gasteiger charge is -2.17. The van der Waals surface area contributed by atoms with Crippen LogP contribution >= 0.6 is 23.4 Å². The zero-order chi connectivity index (χ0) is 20.8. The van der Waals surface area contributed by atoms with Crippen LogP contribution in [0.1, 0.15) is 0 Å². The monoisotopic (exact) mass is 428 g/mol. The summed E-state index contributed by atoms with van der Waals surface area (Å²) >= 11 is 7.38. The summed E-state index contributed by atoms with van der Waals surface area (Å²) in [6.45, 7) is -0.0551. The maximum Gasteiger partial charge on any atom is 0.244 e. The molecule has 0 aliphatic carbocycles. The van der Waals surface area contributed by atoms with Gasteiger partial charge in [-0.25, -0.2) is 4.98 Å². The molecule has 1 aromatic heterocycles. The van der Waals surface area contributed by atoms with E-state index in [2.05, 4.69) is 10.3 Å². The van der Waals surface area contributed by atoms with Crippen LogP contribution in [0.4, 0.5) is 5.69 Å². The van der Waals surface area contributed by atoms with Crippen LogP contribution in [0.5, 0.6) is 0 Å². The van der Waals surface area contributed by atoms with Crippen LogP contribution in [0.2, 0.25) is 5.02 Å². The van der Waals surface area contributed by atoms with E-state index in [1.165, 1.54) is 16.7 Å². The Morgan fingerprint density at radius 1 is 1.14 bits per heavy atom. The average molecular weight is 429 g/mol. The van der Waals surface area contributed by atoms with Crippen molar-refractivity contribution in [3.8, 4) is 11.3 Å². The number of carbonyl (C=O) groups is 2. The van der Waals surface area contributed by atoms with Gasteiger partial charge in [0, 0.05) is 14.1 Å². The van der Waals surface area contributed by atoms with Crippen molar-refractivity contribution >= 4 is 40.9 Å². The van der Waals surface area contributed by atoms with Gasteiger partial charge in [-0.05, 0) is 17.7 Å². The van der Waals surface area contributed by atoms with Gasteiger partial charge < -0.3 is 14.8 Å². The number of likely N-dealkylation sites (N-methyl/N-ethyl adjacent to an activating group) is 1. The molecular weight excluding hydrogens is 408 g/mol. The molecule has 0 radical (unpaired) electrons. The molecule has 29 heavy (non-hydrogen) atoms. The first-order valence-corrected chi connectivity index (χ1v) is 10.3. The molecule has 0 saturated heterocycles. The van der Waals surface area contributed by atoms with Crippen LogP contribution in [-0.4, -0.2) is 45.6 Å². The quantitative estimate of drug-likeness (QED) is 0.579. The summed E-state index contributed by atoms with van der Waals surface area (Å²) in [5, 5.41) is 3.91. The number of amides is 2. The van der Waals surface area contributed by atoms with Crippen molar-refractivity contribution in [3.63, 3.8) is 0 Å². The Bertz CT molecular complexity index is 1010. The molecule has 0 saturated carbocycles. The van der Waals surface area contributed by atoms with Crippen LogP contribution in [0.15, 0.2) is 66.0 Å². The van der Waals surface area contributed by atoms with E-state index in [9.17, 15) is 9.59 Å². The molecule has 150 valence electrons. The van der Waals surface area contributed by atoms with Gasteiger partial charge in [0.15, 0.2) is 5.16 Å². The highest BCUT2D eigenvalue weighted by Crippen LogP contribution is 2.25. The molecule has 8 heteroatoms. The summed E-state index contributed by atoms with van der Waals surface area (Å²) in [5.74, 6) is -0.273. The van der Waals surface area contributed by atoms with Gasteiger partial charge in [0.25, 0.3) is 0 Å². The number of carbonyl (C=O) groups excluding carboxylic acids is 2. The second-order valence-electron chi connectivity index (χ2n) is 6.42. The predicted molar refractivity (Wildman–Crippen MR) is 117 cm³/mol. The number of nitrogens with zero attached hydrogens (tertiary/aromatic N) is 3. The number of halogens is 1. The van der Waals surface area contributed by atoms with Gasteiger partial charge >= 0.3 is 0 Å². The van der Waals surface area contributed by atoms with E-state index in [1.54, 1.807) is 37.5 Å². The lowest BCUT2D eigenvalue weighted by atomic mass is 10.2. The van der Waals surface area contributed by atoms with Crippen LogP contribution in [0.25, 0.3) is 11.3 Å². The molecule has 3 aromatic rings. The lowest BCUT2D eigenvalue weighted by Crippen LogP contribution is -2.36. The number of benzene rings is 2. The van der Waals surface area contributed by atoms with Crippen LogP contribution in [0.3, 0.4) is 0 Å². The van der Waals surface area contributed by atoms with Crippen molar-refractivity contribution in [1.29, 1.82) is 0 Å². The molecule has 6 nitrogen and oxygen atoms in total. The van der Waals surface area contributed by atoms with Crippen LogP contribution in [0, 0.1) is 0 Å². The Kier molecular flexibility index (Phi) is 6.95. The second-order valence-corrected chi connectivity index (χ2v) is 7.77. The molecule has 1 N–H and O–H groups in total. The van der Waals surface area contributed by atoms with Gasteiger partial charge in [-0.3, -0.25) is 9.59 Å². The van der Waals surface area contributed by atoms with E-state index < -0.39 is 0 Å². The predicted octanol–water partition coefficient (Wildman–Crippen LogP) is 3.93. The summed E-state index contributed by atoms with van der Waals surface area (Å²) in [6, 6.07) is 16.9. The van der Waals surface area contributed by atoms with Gasteiger partial charge in [0.1, 0.15) is 0 Å². The number of imidazole rings is 1. The third-order valence-corrected chi connectivity index (χ3v) is 5.65. The van der Waals surface area contributed by atoms with E-state index in [4.69, 9.17) is 11.6 Å². The van der Waals surface area contributed by atoms with Crippen molar-refractivity contribution in [2.45, 2.75) is 5.16 Å². The van der Waals surface area contributed by atoms with Gasteiger partial charge in [0.2, 0.25) is 11.8 Å². The first-order valence-electron chi connectivity index (χ1n) is 8.94. The van der Waals surface area contributed by atoms with E-state index in [1.807, 2.05) is 41.9 Å². The van der Waals surface area contributed by atoms with Crippen molar-refractivity contribution in [3.05, 3.63) is 65.8 Å². The highest BCUT2D eigenvalue weighted by Gasteiger charge is 2.16. The average Bonchev–Trinajstić information content (AvgIpc) is 3.09. The topological polar surface area (TPSA) is 67.2 Å². The summed E-state index contributed by atoms with van der Waals surface area (Å²) in [7, 11) is 3.52. The van der Waals surface area contributed by atoms with Gasteiger partial charge in [0.05, 0.1) is 34.9 Å². The number of rotatable bonds is 7. The number of nitrogens with one attached hydrogen (secondary N) is 1. The minimum absolute atomic E-state index is 0.0551. The minimum Gasteiger partial charge on any atom is -0.336 e. The molecule has 0 fully saturated rings. The number of thioether (sulfide) groups is 1. The summed E-state index contributed by atoms with van der Waals surface area (Å²) in [4.78, 5) is 30.4. The van der Waals surface area contributed by atoms with Crippen LogP contribution < -0.4 is 5.32 Å². The fourth-order valence-corrected chi connectivity index (χ4v) is 3.77. The molecule has 0 spiro atoms. The molecule has 0 unspecified atom stereocenters. The van der Waals surface area contributed by atoms with Crippen molar-refractivity contribution in [1.82, 2.24) is 14.5 Å². The number of para-hydroxylation sites is 1. The molecule has 2 aromatic carbocycles. The molecule has 0 aliphatic rings. The lowest BCUT2D eigenvalue weighted by molar-refractivity contribution is -0.131. The largest absolute Gasteiger partial charge is 0.336 e. The third-order valence-electron chi connectivity index (χ3n) is 4.29. The smallest absolute Gasteiger partial charge is 0.244 e. The highest BCUT2D eigenvalue weighted by atomic mass is 35.5. The number of anilines is 1. The molecule has 0 atom stereocenters. The molecule has 0 bridgehead atoms.